The number of anilines is 2. The van der Waals surface area contributed by atoms with Crippen molar-refractivity contribution in [1.29, 1.82) is 0 Å². The van der Waals surface area contributed by atoms with E-state index in [1.807, 2.05) is 18.5 Å². The molecule has 0 atom stereocenters. The molecule has 5 heteroatoms. The molecule has 1 fully saturated rings. The molecule has 1 aliphatic heterocycles. The number of aryl methyl sites for hydroxylation is 1. The van der Waals surface area contributed by atoms with Gasteiger partial charge in [-0.25, -0.2) is 4.98 Å². The van der Waals surface area contributed by atoms with Crippen LogP contribution < -0.4 is 9.80 Å². The van der Waals surface area contributed by atoms with E-state index in [9.17, 15) is 0 Å². The lowest BCUT2D eigenvalue weighted by Crippen LogP contribution is -2.46. The Hall–Kier alpha value is -2.14. The Morgan fingerprint density at radius 2 is 1.86 bits per heavy atom. The summed E-state index contributed by atoms with van der Waals surface area (Å²) >= 11 is 1.76. The molecule has 0 amide bonds. The van der Waals surface area contributed by atoms with Gasteiger partial charge >= 0.3 is 0 Å². The Morgan fingerprint density at radius 1 is 1.05 bits per heavy atom. The summed E-state index contributed by atoms with van der Waals surface area (Å²) in [6, 6.07) is 10.8. The highest BCUT2D eigenvalue weighted by atomic mass is 32.1. The number of thiazole rings is 1. The number of benzene rings is 1. The number of hydrogen-bond acceptors (Lipinski definition) is 5. The molecule has 112 valence electrons. The SMILES string of the molecule is Cc1cccc(N2CCN(c3nc4cnccc4s3)CC2)c1. The third-order valence-electron chi connectivity index (χ3n) is 4.10. The number of rotatable bonds is 2. The van der Waals surface area contributed by atoms with E-state index in [0.29, 0.717) is 0 Å². The lowest BCUT2D eigenvalue weighted by molar-refractivity contribution is 0.652. The zero-order valence-corrected chi connectivity index (χ0v) is 13.4. The molecule has 4 nitrogen and oxygen atoms in total. The van der Waals surface area contributed by atoms with Gasteiger partial charge in [0.2, 0.25) is 0 Å². The molecule has 22 heavy (non-hydrogen) atoms. The predicted octanol–water partition coefficient (Wildman–Crippen LogP) is 3.33. The van der Waals surface area contributed by atoms with E-state index in [2.05, 4.69) is 46.0 Å². The van der Waals surface area contributed by atoms with Gasteiger partial charge in [-0.15, -0.1) is 0 Å². The lowest BCUT2D eigenvalue weighted by Gasteiger charge is -2.36. The summed E-state index contributed by atoms with van der Waals surface area (Å²) in [7, 11) is 0. The molecule has 0 aliphatic carbocycles. The first-order valence-electron chi connectivity index (χ1n) is 7.57. The summed E-state index contributed by atoms with van der Waals surface area (Å²) in [6.45, 7) is 6.26. The zero-order valence-electron chi connectivity index (χ0n) is 12.6. The Balaban J connectivity index is 1.49. The van der Waals surface area contributed by atoms with Crippen LogP contribution in [0.5, 0.6) is 0 Å². The van der Waals surface area contributed by atoms with E-state index in [4.69, 9.17) is 4.98 Å². The maximum atomic E-state index is 4.71. The lowest BCUT2D eigenvalue weighted by atomic mass is 10.2. The van der Waals surface area contributed by atoms with Gasteiger partial charge < -0.3 is 9.80 Å². The molecule has 0 unspecified atom stereocenters. The van der Waals surface area contributed by atoms with Crippen molar-refractivity contribution in [2.75, 3.05) is 36.0 Å². The van der Waals surface area contributed by atoms with Crippen molar-refractivity contribution in [2.24, 2.45) is 0 Å². The van der Waals surface area contributed by atoms with E-state index < -0.39 is 0 Å². The van der Waals surface area contributed by atoms with Crippen LogP contribution in [0.1, 0.15) is 5.56 Å². The van der Waals surface area contributed by atoms with Crippen LogP contribution in [0.25, 0.3) is 10.2 Å². The molecular weight excluding hydrogens is 292 g/mol. The van der Waals surface area contributed by atoms with Crippen molar-refractivity contribution in [3.05, 3.63) is 48.3 Å². The van der Waals surface area contributed by atoms with E-state index in [0.717, 1.165) is 36.8 Å². The molecular formula is C17H18N4S. The van der Waals surface area contributed by atoms with E-state index in [1.54, 1.807) is 11.3 Å². The number of aromatic nitrogens is 2. The summed E-state index contributed by atoms with van der Waals surface area (Å²) in [5.41, 5.74) is 3.65. The first kappa shape index (κ1) is 13.5. The smallest absolute Gasteiger partial charge is 0.186 e. The van der Waals surface area contributed by atoms with Crippen molar-refractivity contribution in [1.82, 2.24) is 9.97 Å². The zero-order chi connectivity index (χ0) is 14.9. The molecule has 0 N–H and O–H groups in total. The largest absolute Gasteiger partial charge is 0.368 e. The topological polar surface area (TPSA) is 32.3 Å². The number of pyridine rings is 1. The van der Waals surface area contributed by atoms with Crippen LogP contribution in [0.3, 0.4) is 0 Å². The highest BCUT2D eigenvalue weighted by molar-refractivity contribution is 7.22. The summed E-state index contributed by atoms with van der Waals surface area (Å²) in [5, 5.41) is 1.12. The van der Waals surface area contributed by atoms with Crippen LogP contribution in [0.15, 0.2) is 42.7 Å². The van der Waals surface area contributed by atoms with Gasteiger partial charge in [0.15, 0.2) is 5.13 Å². The Morgan fingerprint density at radius 3 is 2.64 bits per heavy atom. The second-order valence-electron chi connectivity index (χ2n) is 5.65. The standard InChI is InChI=1S/C17H18N4S/c1-13-3-2-4-14(11-13)20-7-9-21(10-8-20)17-19-15-12-18-6-5-16(15)22-17/h2-6,11-12H,7-10H2,1H3. The van der Waals surface area contributed by atoms with E-state index in [-0.39, 0.29) is 0 Å². The van der Waals surface area contributed by atoms with Crippen LogP contribution in [0.2, 0.25) is 0 Å². The molecule has 0 radical (unpaired) electrons. The number of nitrogens with zero attached hydrogens (tertiary/aromatic N) is 4. The summed E-state index contributed by atoms with van der Waals surface area (Å²) < 4.78 is 1.21. The van der Waals surface area contributed by atoms with Crippen molar-refractivity contribution in [3.63, 3.8) is 0 Å². The van der Waals surface area contributed by atoms with Gasteiger partial charge in [-0.1, -0.05) is 23.5 Å². The maximum absolute atomic E-state index is 4.71. The molecule has 1 aromatic carbocycles. The van der Waals surface area contributed by atoms with Gasteiger partial charge in [0.25, 0.3) is 0 Å². The van der Waals surface area contributed by atoms with Crippen molar-refractivity contribution < 1.29 is 0 Å². The summed E-state index contributed by atoms with van der Waals surface area (Å²) in [4.78, 5) is 13.7. The number of piperazine rings is 1. The van der Waals surface area contributed by atoms with E-state index >= 15 is 0 Å². The highest BCUT2D eigenvalue weighted by Crippen LogP contribution is 2.29. The molecule has 3 heterocycles. The van der Waals surface area contributed by atoms with Crippen LogP contribution >= 0.6 is 11.3 Å². The second-order valence-corrected chi connectivity index (χ2v) is 6.66. The average Bonchev–Trinajstić information content (AvgIpc) is 2.99. The quantitative estimate of drug-likeness (QED) is 0.727. The predicted molar refractivity (Wildman–Crippen MR) is 93.0 cm³/mol. The summed E-state index contributed by atoms with van der Waals surface area (Å²) in [6.07, 6.45) is 3.68. The van der Waals surface area contributed by atoms with Crippen LogP contribution in [0.4, 0.5) is 10.8 Å². The maximum Gasteiger partial charge on any atom is 0.186 e. The molecule has 4 rings (SSSR count). The second kappa shape index (κ2) is 5.57. The molecule has 1 saturated heterocycles. The van der Waals surface area contributed by atoms with Crippen molar-refractivity contribution >= 4 is 32.4 Å². The van der Waals surface area contributed by atoms with Gasteiger partial charge in [0.1, 0.15) is 5.52 Å². The molecule has 1 aliphatic rings. The highest BCUT2D eigenvalue weighted by Gasteiger charge is 2.20. The Kier molecular flexibility index (Phi) is 3.42. The Bertz CT molecular complexity index is 757. The number of hydrogen-bond donors (Lipinski definition) is 0. The first-order chi connectivity index (χ1) is 10.8. The molecule has 3 aromatic rings. The molecule has 0 spiro atoms. The normalized spacial score (nSPS) is 15.5. The fourth-order valence-electron chi connectivity index (χ4n) is 2.88. The first-order valence-corrected chi connectivity index (χ1v) is 8.38. The third-order valence-corrected chi connectivity index (χ3v) is 5.19. The van der Waals surface area contributed by atoms with Gasteiger partial charge in [-0.3, -0.25) is 4.98 Å². The molecule has 0 bridgehead atoms. The van der Waals surface area contributed by atoms with Crippen molar-refractivity contribution in [3.8, 4) is 0 Å². The van der Waals surface area contributed by atoms with Gasteiger partial charge in [-0.2, -0.15) is 0 Å². The average molecular weight is 310 g/mol. The van der Waals surface area contributed by atoms with Crippen LogP contribution in [0, 0.1) is 6.92 Å². The number of fused-ring (bicyclic) bond motifs is 1. The van der Waals surface area contributed by atoms with Gasteiger partial charge in [-0.05, 0) is 30.7 Å². The van der Waals surface area contributed by atoms with Crippen molar-refractivity contribution in [2.45, 2.75) is 6.92 Å². The fraction of sp³-hybridized carbons (Fsp3) is 0.294. The monoisotopic (exact) mass is 310 g/mol. The fourth-order valence-corrected chi connectivity index (χ4v) is 3.87. The Labute approximate surface area is 134 Å². The summed E-state index contributed by atoms with van der Waals surface area (Å²) in [5.74, 6) is 0. The minimum atomic E-state index is 1.00. The van der Waals surface area contributed by atoms with Gasteiger partial charge in [0.05, 0.1) is 10.9 Å². The molecule has 2 aromatic heterocycles. The third kappa shape index (κ3) is 2.52. The van der Waals surface area contributed by atoms with Crippen LogP contribution in [-0.2, 0) is 0 Å². The minimum Gasteiger partial charge on any atom is -0.368 e. The van der Waals surface area contributed by atoms with E-state index in [1.165, 1.54) is 16.0 Å². The van der Waals surface area contributed by atoms with Crippen LogP contribution in [-0.4, -0.2) is 36.1 Å². The van der Waals surface area contributed by atoms with Gasteiger partial charge in [0, 0.05) is 38.1 Å². The minimum absolute atomic E-state index is 1.00. The molecule has 0 saturated carbocycles.